The molecule has 10 atom stereocenters. The number of allylic oxidation sites excluding steroid dienone is 2. The van der Waals surface area contributed by atoms with Gasteiger partial charge in [-0.1, -0.05) is 34.7 Å². The molecule has 2 aromatic carbocycles. The number of nitrogens with zero attached hydrogens (tertiary/aromatic N) is 6. The summed E-state index contributed by atoms with van der Waals surface area (Å²) in [5.74, 6) is -4.07. The number of hydrogen-bond donors (Lipinski definition) is 2. The Morgan fingerprint density at radius 3 is 1.23 bits per heavy atom. The lowest BCUT2D eigenvalue weighted by molar-refractivity contribution is -0.278. The van der Waals surface area contributed by atoms with Crippen molar-refractivity contribution in [3.05, 3.63) is 83.5 Å². The SMILES string of the molecule is COc1cc(/C=C/C(=O)/C=C/c2ccc(OCc3cn(CCO[C@H]4O[C@@H](COC(C)=O)[C@H](OC(C)=O)[C@@H](OC(C)=O)[C@@H]4NC(C)=O)nn3)c(OC)c2)ccc1OCc1cn(CCO[C@@H]2O[C@H](COC(C)=O)[C@@H](OC(C)=O)[C@H](OC(C)=O)[C@@H]2NC(C)=O)nn1. The molecule has 4 aromatic rings. The highest BCUT2D eigenvalue weighted by Gasteiger charge is 2.53. The van der Waals surface area contributed by atoms with E-state index in [9.17, 15) is 43.2 Å². The van der Waals surface area contributed by atoms with Gasteiger partial charge in [0, 0.05) is 55.4 Å². The van der Waals surface area contributed by atoms with E-state index in [4.69, 9.17) is 66.3 Å². The highest BCUT2D eigenvalue weighted by Crippen LogP contribution is 2.33. The summed E-state index contributed by atoms with van der Waals surface area (Å²) in [5.41, 5.74) is 2.16. The molecule has 476 valence electrons. The monoisotopic (exact) mass is 1230 g/mol. The van der Waals surface area contributed by atoms with Gasteiger partial charge in [-0.15, -0.1) is 10.2 Å². The smallest absolute Gasteiger partial charge is 0.303 e. The van der Waals surface area contributed by atoms with Gasteiger partial charge in [-0.25, -0.2) is 9.36 Å². The predicted octanol–water partition coefficient (Wildman–Crippen LogP) is 1.69. The van der Waals surface area contributed by atoms with Crippen molar-refractivity contribution >= 4 is 65.6 Å². The van der Waals surface area contributed by atoms with E-state index in [-0.39, 0.29) is 58.5 Å². The number of esters is 6. The van der Waals surface area contributed by atoms with E-state index in [1.165, 1.54) is 63.4 Å². The molecular weight excluding hydrogens is 1160 g/mol. The summed E-state index contributed by atoms with van der Waals surface area (Å²) in [4.78, 5) is 109. The largest absolute Gasteiger partial charge is 0.493 e. The lowest BCUT2D eigenvalue weighted by Crippen LogP contribution is -2.66. The van der Waals surface area contributed by atoms with Crippen molar-refractivity contribution in [3.8, 4) is 23.0 Å². The van der Waals surface area contributed by atoms with Crippen LogP contribution in [-0.4, -0.2) is 185 Å². The maximum atomic E-state index is 13.0. The van der Waals surface area contributed by atoms with Crippen LogP contribution in [0.25, 0.3) is 12.2 Å². The van der Waals surface area contributed by atoms with Gasteiger partial charge in [0.25, 0.3) is 0 Å². The first kappa shape index (κ1) is 67.8. The van der Waals surface area contributed by atoms with Gasteiger partial charge < -0.3 is 76.9 Å². The van der Waals surface area contributed by atoms with Gasteiger partial charge in [0.05, 0.1) is 52.9 Å². The summed E-state index contributed by atoms with van der Waals surface area (Å²) >= 11 is 0. The number of rotatable bonds is 30. The van der Waals surface area contributed by atoms with Crippen LogP contribution in [0.3, 0.4) is 0 Å². The first-order valence-electron chi connectivity index (χ1n) is 27.3. The zero-order chi connectivity index (χ0) is 64.0. The normalized spacial score (nSPS) is 21.5. The maximum Gasteiger partial charge on any atom is 0.303 e. The summed E-state index contributed by atoms with van der Waals surface area (Å²) < 4.78 is 82.3. The van der Waals surface area contributed by atoms with E-state index in [1.807, 2.05) is 0 Å². The molecule has 0 radical (unpaired) electrons. The van der Waals surface area contributed by atoms with E-state index >= 15 is 0 Å². The molecule has 2 fully saturated rings. The second-order valence-electron chi connectivity index (χ2n) is 19.6. The fourth-order valence-electron chi connectivity index (χ4n) is 8.95. The van der Waals surface area contributed by atoms with Crippen LogP contribution in [-0.2, 0) is 117 Å². The molecule has 88 heavy (non-hydrogen) atoms. The van der Waals surface area contributed by atoms with E-state index in [1.54, 1.807) is 60.9 Å². The molecule has 0 spiro atoms. The molecular formula is C57H70N8O23. The third-order valence-electron chi connectivity index (χ3n) is 12.5. The molecule has 0 saturated carbocycles. The van der Waals surface area contributed by atoms with Crippen LogP contribution in [0, 0.1) is 0 Å². The fourth-order valence-corrected chi connectivity index (χ4v) is 8.95. The number of nitrogens with one attached hydrogen (secondary N) is 2. The average Bonchev–Trinajstić information content (AvgIpc) is 2.02. The van der Waals surface area contributed by atoms with Gasteiger partial charge >= 0.3 is 35.8 Å². The number of ketones is 1. The van der Waals surface area contributed by atoms with E-state index in [2.05, 4.69) is 31.3 Å². The van der Waals surface area contributed by atoms with Crippen LogP contribution in [0.1, 0.15) is 77.9 Å². The Balaban J connectivity index is 0.980. The van der Waals surface area contributed by atoms with Crippen molar-refractivity contribution in [1.29, 1.82) is 0 Å². The van der Waals surface area contributed by atoms with Gasteiger partial charge in [-0.2, -0.15) is 0 Å². The second-order valence-corrected chi connectivity index (χ2v) is 19.6. The molecule has 0 aliphatic carbocycles. The third kappa shape index (κ3) is 21.0. The first-order valence-corrected chi connectivity index (χ1v) is 27.3. The highest BCUT2D eigenvalue weighted by molar-refractivity contribution is 6.04. The molecule has 2 amide bonds. The van der Waals surface area contributed by atoms with Crippen molar-refractivity contribution < 1.29 is 109 Å². The average molecular weight is 1240 g/mol. The molecule has 31 nitrogen and oxygen atoms in total. The Kier molecular flexibility index (Phi) is 25.4. The number of carbonyl (C=O) groups excluding carboxylic acids is 9. The third-order valence-corrected chi connectivity index (χ3v) is 12.5. The van der Waals surface area contributed by atoms with E-state index in [0.717, 1.165) is 27.7 Å². The minimum absolute atomic E-state index is 0.0101. The molecule has 2 aliphatic rings. The zero-order valence-corrected chi connectivity index (χ0v) is 49.9. The number of aromatic nitrogens is 6. The predicted molar refractivity (Wildman–Crippen MR) is 298 cm³/mol. The molecule has 2 aliphatic heterocycles. The highest BCUT2D eigenvalue weighted by atomic mass is 16.7. The minimum atomic E-state index is -1.28. The minimum Gasteiger partial charge on any atom is -0.493 e. The Morgan fingerprint density at radius 2 is 0.886 bits per heavy atom. The molecule has 4 heterocycles. The standard InChI is InChI=1S/C57H70N8O23/c1-31(66)58-50-54(85-37(7)72)52(83-35(5)70)48(29-79-33(3)68)87-56(50)77-21-19-64-25-41(60-62-64)27-81-44-17-13-39(23-46(44)75-9)11-15-43(74)16-12-40-14-18-45(47(24-40)76-10)82-28-42-26-65(63-61-42)20-22-78-57-51(59-32(2)67)55(86-38(8)73)53(84-36(6)71)49(88-57)30-80-34(4)69/h11-18,23-26,48-57H,19-22,27-30H2,1-10H3,(H,58,66)(H,59,67)/b15-11+,16-12+/t48-,49+,50-,51-,52-,53+,54-,55+,56-,57+/m0/s1. The Hall–Kier alpha value is -9.33. The Bertz CT molecular complexity index is 2960. The molecule has 0 unspecified atom stereocenters. The number of hydrogen-bond acceptors (Lipinski definition) is 27. The summed E-state index contributed by atoms with van der Waals surface area (Å²) in [6.45, 7) is 8.77. The van der Waals surface area contributed by atoms with Crippen LogP contribution < -0.4 is 29.6 Å². The number of methoxy groups -OCH3 is 2. The van der Waals surface area contributed by atoms with Crippen molar-refractivity contribution in [2.45, 2.75) is 143 Å². The lowest BCUT2D eigenvalue weighted by atomic mass is 9.96. The number of benzene rings is 2. The fraction of sp³-hybridized carbons (Fsp3) is 0.491. The zero-order valence-electron chi connectivity index (χ0n) is 49.9. The molecule has 2 N–H and O–H groups in total. The van der Waals surface area contributed by atoms with Gasteiger partial charge in [-0.3, -0.25) is 43.2 Å². The molecule has 2 saturated heterocycles. The molecule has 0 bridgehead atoms. The van der Waals surface area contributed by atoms with E-state index in [0.29, 0.717) is 45.5 Å². The van der Waals surface area contributed by atoms with Crippen LogP contribution in [0.15, 0.2) is 60.9 Å². The van der Waals surface area contributed by atoms with Gasteiger partial charge in [-0.05, 0) is 47.5 Å². The summed E-state index contributed by atoms with van der Waals surface area (Å²) in [5, 5.41) is 21.9. The molecule has 6 rings (SSSR count). The lowest BCUT2D eigenvalue weighted by Gasteiger charge is -2.44. The number of ether oxygens (including phenoxy) is 14. The van der Waals surface area contributed by atoms with Crippen LogP contribution in [0.2, 0.25) is 0 Å². The van der Waals surface area contributed by atoms with Gasteiger partial charge in [0.1, 0.15) is 62.1 Å². The van der Waals surface area contributed by atoms with Gasteiger partial charge in [0.15, 0.2) is 65.8 Å². The molecule has 2 aromatic heterocycles. The van der Waals surface area contributed by atoms with E-state index < -0.39 is 109 Å². The second kappa shape index (κ2) is 33.0. The van der Waals surface area contributed by atoms with Crippen molar-refractivity contribution in [2.75, 3.05) is 40.6 Å². The summed E-state index contributed by atoms with van der Waals surface area (Å²) in [7, 11) is 2.94. The van der Waals surface area contributed by atoms with Crippen molar-refractivity contribution in [1.82, 2.24) is 40.6 Å². The van der Waals surface area contributed by atoms with Crippen LogP contribution >= 0.6 is 0 Å². The van der Waals surface area contributed by atoms with Crippen LogP contribution in [0.4, 0.5) is 0 Å². The van der Waals surface area contributed by atoms with Crippen molar-refractivity contribution in [2.24, 2.45) is 0 Å². The Labute approximate surface area is 504 Å². The molecule has 31 heteroatoms. The van der Waals surface area contributed by atoms with Crippen molar-refractivity contribution in [3.63, 3.8) is 0 Å². The quantitative estimate of drug-likeness (QED) is 0.0426. The number of carbonyl (C=O) groups is 9. The number of amides is 2. The maximum absolute atomic E-state index is 13.0. The first-order chi connectivity index (χ1) is 42.0. The summed E-state index contributed by atoms with van der Waals surface area (Å²) in [6.07, 6.45) is -0.639. The topological polar surface area (TPSA) is 368 Å². The Morgan fingerprint density at radius 1 is 0.511 bits per heavy atom. The van der Waals surface area contributed by atoms with Crippen LogP contribution in [0.5, 0.6) is 23.0 Å². The summed E-state index contributed by atoms with van der Waals surface area (Å²) in [6, 6.07) is 7.91. The van der Waals surface area contributed by atoms with Gasteiger partial charge in [0.2, 0.25) is 11.8 Å².